The van der Waals surface area contributed by atoms with Crippen LogP contribution < -0.4 is 10.6 Å². The summed E-state index contributed by atoms with van der Waals surface area (Å²) in [6, 6.07) is 13.3. The van der Waals surface area contributed by atoms with Crippen molar-refractivity contribution in [3.8, 4) is 6.07 Å². The van der Waals surface area contributed by atoms with Crippen LogP contribution in [0.3, 0.4) is 0 Å². The summed E-state index contributed by atoms with van der Waals surface area (Å²) < 4.78 is 0. The van der Waals surface area contributed by atoms with Gasteiger partial charge in [-0.3, -0.25) is 14.9 Å². The van der Waals surface area contributed by atoms with Crippen LogP contribution in [-0.4, -0.2) is 22.9 Å². The molecule has 3 rings (SSSR count). The van der Waals surface area contributed by atoms with Gasteiger partial charge in [0.25, 0.3) is 0 Å². The van der Waals surface area contributed by atoms with Crippen LogP contribution in [0.5, 0.6) is 0 Å². The van der Waals surface area contributed by atoms with Crippen molar-refractivity contribution in [2.24, 2.45) is 0 Å². The molecule has 1 saturated carbocycles. The highest BCUT2D eigenvalue weighted by molar-refractivity contribution is 6.12. The molecule has 0 unspecified atom stereocenters. The zero-order valence-electron chi connectivity index (χ0n) is 14.4. The topological polar surface area (TPSA) is 119 Å². The highest BCUT2D eigenvalue weighted by Crippen LogP contribution is 2.42. The number of ketones is 1. The Bertz CT molecular complexity index is 958. The molecule has 0 spiro atoms. The average molecular weight is 363 g/mol. The van der Waals surface area contributed by atoms with E-state index in [0.717, 1.165) is 18.4 Å². The second kappa shape index (κ2) is 7.70. The highest BCUT2D eigenvalue weighted by atomic mass is 16.4. The van der Waals surface area contributed by atoms with Crippen molar-refractivity contribution in [1.29, 1.82) is 5.26 Å². The summed E-state index contributed by atoms with van der Waals surface area (Å²) in [6.45, 7) is 0. The fourth-order valence-corrected chi connectivity index (χ4v) is 2.76. The number of carbonyl (C=O) groups excluding carboxylic acids is 2. The lowest BCUT2D eigenvalue weighted by molar-refractivity contribution is -0.115. The summed E-state index contributed by atoms with van der Waals surface area (Å²) in [5.74, 6) is -0.547. The Balaban J connectivity index is 1.74. The lowest BCUT2D eigenvalue weighted by Crippen LogP contribution is -2.18. The smallest absolute Gasteiger partial charge is 0.409 e. The first kappa shape index (κ1) is 18.1. The number of amides is 2. The van der Waals surface area contributed by atoms with Crippen molar-refractivity contribution in [1.82, 2.24) is 0 Å². The van der Waals surface area contributed by atoms with Gasteiger partial charge >= 0.3 is 6.09 Å². The van der Waals surface area contributed by atoms with E-state index < -0.39 is 24.2 Å². The molecule has 1 aliphatic carbocycles. The van der Waals surface area contributed by atoms with Crippen LogP contribution in [0, 0.1) is 11.3 Å². The molecule has 136 valence electrons. The van der Waals surface area contributed by atoms with Crippen molar-refractivity contribution in [2.45, 2.75) is 25.2 Å². The third-order valence-electron chi connectivity index (χ3n) is 4.24. The third-order valence-corrected chi connectivity index (χ3v) is 4.24. The summed E-state index contributed by atoms with van der Waals surface area (Å²) in [6.07, 6.45) is 0.475. The Morgan fingerprint density at radius 2 is 1.85 bits per heavy atom. The van der Waals surface area contributed by atoms with E-state index in [0.29, 0.717) is 17.2 Å². The van der Waals surface area contributed by atoms with E-state index in [1.54, 1.807) is 30.3 Å². The number of anilines is 2. The molecule has 2 amide bonds. The van der Waals surface area contributed by atoms with Gasteiger partial charge in [-0.05, 0) is 48.6 Å². The summed E-state index contributed by atoms with van der Waals surface area (Å²) in [7, 11) is 0. The van der Waals surface area contributed by atoms with Gasteiger partial charge in [-0.15, -0.1) is 0 Å². The maximum atomic E-state index is 12.3. The SMILES string of the molecule is N#Cc1cccc(C(=O)CC(=O)Nc2cc(C3CC3)ccc2NC(=O)O)c1. The molecule has 27 heavy (non-hydrogen) atoms. The van der Waals surface area contributed by atoms with E-state index >= 15 is 0 Å². The van der Waals surface area contributed by atoms with Gasteiger partial charge in [0.2, 0.25) is 5.91 Å². The highest BCUT2D eigenvalue weighted by Gasteiger charge is 2.25. The molecule has 0 aromatic heterocycles. The first-order valence-corrected chi connectivity index (χ1v) is 8.43. The van der Waals surface area contributed by atoms with E-state index in [1.807, 2.05) is 12.1 Å². The molecule has 0 atom stereocenters. The van der Waals surface area contributed by atoms with Crippen LogP contribution in [0.1, 0.15) is 46.7 Å². The number of nitrogens with one attached hydrogen (secondary N) is 2. The van der Waals surface area contributed by atoms with Gasteiger partial charge in [-0.2, -0.15) is 5.26 Å². The molecule has 1 aliphatic rings. The molecule has 0 saturated heterocycles. The lowest BCUT2D eigenvalue weighted by Gasteiger charge is -2.12. The third kappa shape index (κ3) is 4.70. The summed E-state index contributed by atoms with van der Waals surface area (Å²) in [4.78, 5) is 35.6. The molecule has 7 heteroatoms. The van der Waals surface area contributed by atoms with Gasteiger partial charge in [0.1, 0.15) is 0 Å². The molecular weight excluding hydrogens is 346 g/mol. The summed E-state index contributed by atoms with van der Waals surface area (Å²) >= 11 is 0. The maximum absolute atomic E-state index is 12.3. The van der Waals surface area contributed by atoms with Crippen LogP contribution in [0.25, 0.3) is 0 Å². The second-order valence-corrected chi connectivity index (χ2v) is 6.35. The standard InChI is InChI=1S/C20H17N3O4/c21-11-12-2-1-3-15(8-12)18(24)10-19(25)22-17-9-14(13-4-5-13)6-7-16(17)23-20(26)27/h1-3,6-9,13,23H,4-5,10H2,(H,22,25)(H,26,27). The molecule has 0 bridgehead atoms. The first-order valence-electron chi connectivity index (χ1n) is 8.43. The number of Topliss-reactive ketones (excluding diaryl/α,β-unsaturated/α-hetero) is 1. The van der Waals surface area contributed by atoms with Gasteiger partial charge in [-0.1, -0.05) is 18.2 Å². The fraction of sp³-hybridized carbons (Fsp3) is 0.200. The quantitative estimate of drug-likeness (QED) is 0.533. The monoisotopic (exact) mass is 363 g/mol. The van der Waals surface area contributed by atoms with Gasteiger partial charge in [-0.25, -0.2) is 4.79 Å². The van der Waals surface area contributed by atoms with Gasteiger partial charge in [0.05, 0.1) is 29.4 Å². The molecule has 0 radical (unpaired) electrons. The van der Waals surface area contributed by atoms with E-state index in [1.165, 1.54) is 6.07 Å². The molecule has 2 aromatic carbocycles. The predicted octanol–water partition coefficient (Wildman–Crippen LogP) is 3.74. The molecule has 1 fully saturated rings. The van der Waals surface area contributed by atoms with E-state index in [9.17, 15) is 14.4 Å². The van der Waals surface area contributed by atoms with Crippen molar-refractivity contribution >= 4 is 29.2 Å². The summed E-state index contributed by atoms with van der Waals surface area (Å²) in [5, 5.41) is 22.7. The van der Waals surface area contributed by atoms with Gasteiger partial charge in [0, 0.05) is 5.56 Å². The minimum atomic E-state index is -1.24. The fourth-order valence-electron chi connectivity index (χ4n) is 2.76. The average Bonchev–Trinajstić information content (AvgIpc) is 3.48. The number of carboxylic acid groups (broad SMARTS) is 1. The minimum Gasteiger partial charge on any atom is -0.465 e. The van der Waals surface area contributed by atoms with Crippen molar-refractivity contribution in [3.05, 3.63) is 59.2 Å². The largest absolute Gasteiger partial charge is 0.465 e. The summed E-state index contributed by atoms with van der Waals surface area (Å²) in [5.41, 5.74) is 2.21. The molecule has 3 N–H and O–H groups in total. The first-order chi connectivity index (χ1) is 13.0. The number of nitriles is 1. The van der Waals surface area contributed by atoms with Gasteiger partial charge < -0.3 is 10.4 Å². The number of hydrogen-bond acceptors (Lipinski definition) is 4. The number of benzene rings is 2. The van der Waals surface area contributed by atoms with Crippen LogP contribution in [0.2, 0.25) is 0 Å². The van der Waals surface area contributed by atoms with E-state index in [4.69, 9.17) is 10.4 Å². The number of rotatable bonds is 6. The van der Waals surface area contributed by atoms with E-state index in [-0.39, 0.29) is 11.3 Å². The second-order valence-electron chi connectivity index (χ2n) is 6.35. The Hall–Kier alpha value is -3.66. The number of carbonyl (C=O) groups is 3. The number of nitrogens with zero attached hydrogens (tertiary/aromatic N) is 1. The maximum Gasteiger partial charge on any atom is 0.409 e. The predicted molar refractivity (Wildman–Crippen MR) is 98.8 cm³/mol. The van der Waals surface area contributed by atoms with Crippen molar-refractivity contribution in [2.75, 3.05) is 10.6 Å². The van der Waals surface area contributed by atoms with E-state index in [2.05, 4.69) is 10.6 Å². The van der Waals surface area contributed by atoms with Crippen molar-refractivity contribution < 1.29 is 19.5 Å². The number of hydrogen-bond donors (Lipinski definition) is 3. The zero-order valence-corrected chi connectivity index (χ0v) is 14.4. The Kier molecular flexibility index (Phi) is 5.18. The molecule has 7 nitrogen and oxygen atoms in total. The molecule has 0 heterocycles. The van der Waals surface area contributed by atoms with Crippen LogP contribution >= 0.6 is 0 Å². The molecular formula is C20H17N3O4. The van der Waals surface area contributed by atoms with Gasteiger partial charge in [0.15, 0.2) is 5.78 Å². The van der Waals surface area contributed by atoms with Crippen LogP contribution in [-0.2, 0) is 4.79 Å². The minimum absolute atomic E-state index is 0.249. The Morgan fingerprint density at radius 1 is 1.07 bits per heavy atom. The zero-order chi connectivity index (χ0) is 19.4. The normalized spacial score (nSPS) is 12.7. The Labute approximate surface area is 155 Å². The molecule has 0 aliphatic heterocycles. The van der Waals surface area contributed by atoms with Crippen molar-refractivity contribution in [3.63, 3.8) is 0 Å². The van der Waals surface area contributed by atoms with Crippen LogP contribution in [0.4, 0.5) is 16.2 Å². The Morgan fingerprint density at radius 3 is 2.52 bits per heavy atom. The molecule has 2 aromatic rings. The lowest BCUT2D eigenvalue weighted by atomic mass is 10.0. The van der Waals surface area contributed by atoms with Crippen LogP contribution in [0.15, 0.2) is 42.5 Å².